The summed E-state index contributed by atoms with van der Waals surface area (Å²) in [4.78, 5) is 19.6. The van der Waals surface area contributed by atoms with E-state index in [9.17, 15) is 0 Å². The number of fused-ring (bicyclic) bond motifs is 1. The van der Waals surface area contributed by atoms with E-state index in [4.69, 9.17) is 17.2 Å². The van der Waals surface area contributed by atoms with Gasteiger partial charge in [0.1, 0.15) is 5.82 Å². The first kappa shape index (κ1) is 13.6. The number of hydrogen-bond donors (Lipinski definition) is 4. The van der Waals surface area contributed by atoms with Gasteiger partial charge in [0, 0.05) is 18.0 Å². The normalized spacial score (nSPS) is 11.5. The van der Waals surface area contributed by atoms with Crippen molar-refractivity contribution in [2.45, 2.75) is 0 Å². The maximum absolute atomic E-state index is 5.62. The van der Waals surface area contributed by atoms with Gasteiger partial charge < -0.3 is 22.2 Å². The molecule has 2 aromatic heterocycles. The van der Waals surface area contributed by atoms with Crippen molar-refractivity contribution < 1.29 is 0 Å². The van der Waals surface area contributed by atoms with Crippen molar-refractivity contribution in [2.24, 2.45) is 27.2 Å². The molecule has 2 heterocycles. The Hall–Kier alpha value is -3.42. The molecule has 8 nitrogen and oxygen atoms in total. The first-order chi connectivity index (χ1) is 10.6. The fraction of sp³-hybridized carbons (Fsp3) is 0. The summed E-state index contributed by atoms with van der Waals surface area (Å²) in [6, 6.07) is 9.23. The molecule has 0 bridgehead atoms. The lowest BCUT2D eigenvalue weighted by atomic mass is 10.3. The average Bonchev–Trinajstić information content (AvgIpc) is 2.90. The molecule has 0 atom stereocenters. The zero-order valence-corrected chi connectivity index (χ0v) is 11.6. The van der Waals surface area contributed by atoms with Crippen LogP contribution in [0.4, 0.5) is 5.69 Å². The first-order valence-electron chi connectivity index (χ1n) is 6.46. The van der Waals surface area contributed by atoms with Crippen LogP contribution in [0.3, 0.4) is 0 Å². The molecule has 0 radical (unpaired) electrons. The van der Waals surface area contributed by atoms with E-state index in [2.05, 4.69) is 24.9 Å². The SMILES string of the molecule is NC(N)=NC(N)=Nc1ccc2nc(-c3cccnc3)[nH]c2c1. The summed E-state index contributed by atoms with van der Waals surface area (Å²) in [5.41, 5.74) is 19.3. The summed E-state index contributed by atoms with van der Waals surface area (Å²) in [6.45, 7) is 0. The van der Waals surface area contributed by atoms with Gasteiger partial charge in [-0.15, -0.1) is 0 Å². The first-order valence-corrected chi connectivity index (χ1v) is 6.46. The molecule has 22 heavy (non-hydrogen) atoms. The predicted octanol–water partition coefficient (Wildman–Crippen LogP) is 0.845. The molecule has 3 rings (SSSR count). The second-order valence-electron chi connectivity index (χ2n) is 4.54. The average molecular weight is 294 g/mol. The largest absolute Gasteiger partial charge is 0.370 e. The number of aromatic amines is 1. The Morgan fingerprint density at radius 1 is 1.14 bits per heavy atom. The van der Waals surface area contributed by atoms with Crippen LogP contribution in [0.2, 0.25) is 0 Å². The molecule has 0 amide bonds. The Kier molecular flexibility index (Phi) is 3.40. The molecule has 0 saturated heterocycles. The lowest BCUT2D eigenvalue weighted by Crippen LogP contribution is -2.26. The van der Waals surface area contributed by atoms with Crippen molar-refractivity contribution in [2.75, 3.05) is 0 Å². The maximum atomic E-state index is 5.62. The van der Waals surface area contributed by atoms with E-state index in [1.54, 1.807) is 18.5 Å². The molecule has 1 aromatic carbocycles. The highest BCUT2D eigenvalue weighted by atomic mass is 15.1. The minimum absolute atomic E-state index is 0.00801. The van der Waals surface area contributed by atoms with Gasteiger partial charge in [0.15, 0.2) is 5.96 Å². The van der Waals surface area contributed by atoms with Gasteiger partial charge in [0.25, 0.3) is 0 Å². The van der Waals surface area contributed by atoms with Gasteiger partial charge in [-0.3, -0.25) is 4.98 Å². The Morgan fingerprint density at radius 2 is 2.00 bits per heavy atom. The summed E-state index contributed by atoms with van der Waals surface area (Å²) in [7, 11) is 0. The zero-order valence-electron chi connectivity index (χ0n) is 11.6. The third kappa shape index (κ3) is 2.85. The number of guanidine groups is 2. The van der Waals surface area contributed by atoms with Crippen molar-refractivity contribution in [3.63, 3.8) is 0 Å². The topological polar surface area (TPSA) is 144 Å². The number of pyridine rings is 1. The smallest absolute Gasteiger partial charge is 0.223 e. The van der Waals surface area contributed by atoms with Crippen molar-refractivity contribution in [3.05, 3.63) is 42.7 Å². The van der Waals surface area contributed by atoms with Gasteiger partial charge in [-0.05, 0) is 30.3 Å². The lowest BCUT2D eigenvalue weighted by molar-refractivity contribution is 1.27. The van der Waals surface area contributed by atoms with Gasteiger partial charge >= 0.3 is 0 Å². The number of rotatable bonds is 2. The third-order valence-corrected chi connectivity index (χ3v) is 2.89. The highest BCUT2D eigenvalue weighted by molar-refractivity contribution is 5.94. The molecule has 0 spiro atoms. The van der Waals surface area contributed by atoms with E-state index in [-0.39, 0.29) is 11.9 Å². The van der Waals surface area contributed by atoms with Crippen LogP contribution in [0.5, 0.6) is 0 Å². The second kappa shape index (κ2) is 5.52. The molecule has 0 aliphatic heterocycles. The van der Waals surface area contributed by atoms with Gasteiger partial charge in [-0.25, -0.2) is 9.98 Å². The van der Waals surface area contributed by atoms with Crippen molar-refractivity contribution >= 4 is 28.6 Å². The molecular weight excluding hydrogens is 280 g/mol. The number of nitrogens with one attached hydrogen (secondary N) is 1. The van der Waals surface area contributed by atoms with Crippen molar-refractivity contribution in [3.8, 4) is 11.4 Å². The summed E-state index contributed by atoms with van der Waals surface area (Å²) >= 11 is 0. The van der Waals surface area contributed by atoms with E-state index in [0.717, 1.165) is 22.4 Å². The van der Waals surface area contributed by atoms with Gasteiger partial charge in [0.2, 0.25) is 5.96 Å². The molecule has 8 heteroatoms. The quantitative estimate of drug-likeness (QED) is 0.409. The fourth-order valence-corrected chi connectivity index (χ4v) is 2.00. The van der Waals surface area contributed by atoms with Gasteiger partial charge in [0.05, 0.1) is 16.7 Å². The third-order valence-electron chi connectivity index (χ3n) is 2.89. The summed E-state index contributed by atoms with van der Waals surface area (Å²) in [6.07, 6.45) is 3.46. The van der Waals surface area contributed by atoms with Crippen LogP contribution >= 0.6 is 0 Å². The number of aromatic nitrogens is 3. The van der Waals surface area contributed by atoms with E-state index < -0.39 is 0 Å². The Labute approximate surface area is 125 Å². The van der Waals surface area contributed by atoms with E-state index in [1.165, 1.54) is 0 Å². The Balaban J connectivity index is 1.99. The second-order valence-corrected chi connectivity index (χ2v) is 4.54. The number of benzene rings is 1. The highest BCUT2D eigenvalue weighted by Crippen LogP contribution is 2.23. The molecular formula is C14H14N8. The minimum Gasteiger partial charge on any atom is -0.370 e. The number of imidazole rings is 1. The summed E-state index contributed by atoms with van der Waals surface area (Å²) in [5.74, 6) is 0.593. The van der Waals surface area contributed by atoms with Crippen LogP contribution in [-0.4, -0.2) is 26.9 Å². The zero-order chi connectivity index (χ0) is 15.5. The van der Waals surface area contributed by atoms with E-state index in [1.807, 2.05) is 24.3 Å². The number of hydrogen-bond acceptors (Lipinski definition) is 3. The molecule has 7 N–H and O–H groups in total. The number of aliphatic imine (C=N–C) groups is 2. The van der Waals surface area contributed by atoms with Crippen LogP contribution in [0.25, 0.3) is 22.4 Å². The molecule has 0 unspecified atom stereocenters. The predicted molar refractivity (Wildman–Crippen MR) is 86.4 cm³/mol. The van der Waals surface area contributed by atoms with Gasteiger partial charge in [-0.1, -0.05) is 0 Å². The lowest BCUT2D eigenvalue weighted by Gasteiger charge is -1.96. The molecule has 0 fully saturated rings. The Bertz CT molecular complexity index is 859. The highest BCUT2D eigenvalue weighted by Gasteiger charge is 2.06. The Morgan fingerprint density at radius 3 is 2.73 bits per heavy atom. The van der Waals surface area contributed by atoms with E-state index in [0.29, 0.717) is 5.69 Å². The maximum Gasteiger partial charge on any atom is 0.223 e. The van der Waals surface area contributed by atoms with Crippen LogP contribution in [0, 0.1) is 0 Å². The molecule has 3 aromatic rings. The van der Waals surface area contributed by atoms with Gasteiger partial charge in [-0.2, -0.15) is 4.99 Å². The summed E-state index contributed by atoms with van der Waals surface area (Å²) < 4.78 is 0. The number of nitrogens with two attached hydrogens (primary N) is 3. The molecule has 0 aliphatic rings. The van der Waals surface area contributed by atoms with Crippen LogP contribution in [-0.2, 0) is 0 Å². The molecule has 0 saturated carbocycles. The minimum atomic E-state index is -0.136. The monoisotopic (exact) mass is 294 g/mol. The standard InChI is InChI=1S/C14H14N8/c15-13(16)22-14(17)19-9-3-4-10-11(6-9)21-12(20-10)8-2-1-5-18-7-8/h1-7H,(H,20,21)(H6,15,16,17,19,22). The molecule has 0 aliphatic carbocycles. The number of H-pyrrole nitrogens is 1. The van der Waals surface area contributed by atoms with Crippen molar-refractivity contribution in [1.82, 2.24) is 15.0 Å². The molecule has 110 valence electrons. The number of nitrogens with zero attached hydrogens (tertiary/aromatic N) is 4. The van der Waals surface area contributed by atoms with Crippen molar-refractivity contribution in [1.29, 1.82) is 0 Å². The van der Waals surface area contributed by atoms with Crippen LogP contribution in [0.1, 0.15) is 0 Å². The summed E-state index contributed by atoms with van der Waals surface area (Å²) in [5, 5.41) is 0. The fourth-order valence-electron chi connectivity index (χ4n) is 2.00. The van der Waals surface area contributed by atoms with Crippen LogP contribution in [0.15, 0.2) is 52.7 Å². The van der Waals surface area contributed by atoms with Crippen LogP contribution < -0.4 is 17.2 Å². The van der Waals surface area contributed by atoms with E-state index >= 15 is 0 Å².